The molecule has 0 aliphatic heterocycles. The molecule has 0 spiro atoms. The number of rotatable bonds is 2. The van der Waals surface area contributed by atoms with E-state index in [1.54, 1.807) is 0 Å². The maximum absolute atomic E-state index is 12.7. The Balaban J connectivity index is 3.27. The van der Waals surface area contributed by atoms with E-state index in [9.17, 15) is 18.0 Å². The molecule has 2 nitrogen and oxygen atoms in total. The van der Waals surface area contributed by atoms with E-state index in [0.717, 1.165) is 6.07 Å². The van der Waals surface area contributed by atoms with Crippen molar-refractivity contribution < 1.29 is 23.1 Å². The number of carboxylic acids is 1. The molecule has 0 aromatic heterocycles. The van der Waals surface area contributed by atoms with Crippen LogP contribution in [0.5, 0.6) is 0 Å². The van der Waals surface area contributed by atoms with Gasteiger partial charge in [0.05, 0.1) is 11.1 Å². The number of hydrogen-bond donors (Lipinski definition) is 1. The summed E-state index contributed by atoms with van der Waals surface area (Å²) < 4.78 is 38.0. The molecular formula is C13H15F3O2. The molecule has 0 heterocycles. The third-order valence-corrected chi connectivity index (χ3v) is 2.30. The van der Waals surface area contributed by atoms with E-state index in [1.807, 2.05) is 20.8 Å². The molecule has 1 aromatic carbocycles. The van der Waals surface area contributed by atoms with Crippen molar-refractivity contribution in [1.29, 1.82) is 0 Å². The zero-order valence-electron chi connectivity index (χ0n) is 10.4. The molecule has 1 N–H and O–H groups in total. The van der Waals surface area contributed by atoms with Crippen LogP contribution in [0, 0.1) is 5.41 Å². The number of hydrogen-bond acceptors (Lipinski definition) is 1. The van der Waals surface area contributed by atoms with Gasteiger partial charge in [-0.1, -0.05) is 20.8 Å². The quantitative estimate of drug-likeness (QED) is 0.872. The van der Waals surface area contributed by atoms with Crippen LogP contribution in [-0.2, 0) is 12.6 Å². The Morgan fingerprint density at radius 2 is 1.72 bits per heavy atom. The first-order valence-corrected chi connectivity index (χ1v) is 5.43. The number of alkyl halides is 3. The summed E-state index contributed by atoms with van der Waals surface area (Å²) in [5.41, 5.74) is -1.07. The van der Waals surface area contributed by atoms with Crippen LogP contribution in [0.2, 0.25) is 0 Å². The SMILES string of the molecule is CC(C)(C)Cc1cc(C(=O)O)cc(C(F)(F)F)c1. The number of halogens is 3. The van der Waals surface area contributed by atoms with Crippen LogP contribution in [0.4, 0.5) is 13.2 Å². The van der Waals surface area contributed by atoms with Gasteiger partial charge in [0, 0.05) is 0 Å². The standard InChI is InChI=1S/C13H15F3O2/c1-12(2,3)7-8-4-9(11(17)18)6-10(5-8)13(14,15)16/h4-6H,7H2,1-3H3,(H,17,18). The molecule has 0 fully saturated rings. The molecule has 1 rings (SSSR count). The zero-order valence-corrected chi connectivity index (χ0v) is 10.4. The summed E-state index contributed by atoms with van der Waals surface area (Å²) in [6.07, 6.45) is -4.14. The van der Waals surface area contributed by atoms with Crippen molar-refractivity contribution >= 4 is 5.97 Å². The van der Waals surface area contributed by atoms with Gasteiger partial charge in [-0.2, -0.15) is 13.2 Å². The van der Waals surface area contributed by atoms with Crippen LogP contribution >= 0.6 is 0 Å². The highest BCUT2D eigenvalue weighted by molar-refractivity contribution is 5.88. The van der Waals surface area contributed by atoms with E-state index in [1.165, 1.54) is 6.07 Å². The first-order valence-electron chi connectivity index (χ1n) is 5.43. The van der Waals surface area contributed by atoms with Gasteiger partial charge in [-0.25, -0.2) is 4.79 Å². The minimum absolute atomic E-state index is 0.208. The van der Waals surface area contributed by atoms with Gasteiger partial charge in [-0.15, -0.1) is 0 Å². The zero-order chi connectivity index (χ0) is 14.1. The minimum Gasteiger partial charge on any atom is -0.478 e. The lowest BCUT2D eigenvalue weighted by molar-refractivity contribution is -0.137. The Morgan fingerprint density at radius 1 is 1.17 bits per heavy atom. The predicted molar refractivity (Wildman–Crippen MR) is 61.6 cm³/mol. The molecule has 0 aliphatic rings. The molecule has 0 amide bonds. The van der Waals surface area contributed by atoms with Gasteiger partial charge in [0.2, 0.25) is 0 Å². The summed E-state index contributed by atoms with van der Waals surface area (Å²) in [4.78, 5) is 10.8. The van der Waals surface area contributed by atoms with Gasteiger partial charge >= 0.3 is 12.1 Å². The maximum Gasteiger partial charge on any atom is 0.416 e. The first-order chi connectivity index (χ1) is 7.99. The summed E-state index contributed by atoms with van der Waals surface area (Å²) in [6, 6.07) is 2.97. The van der Waals surface area contributed by atoms with Crippen molar-refractivity contribution in [2.45, 2.75) is 33.4 Å². The summed E-state index contributed by atoms with van der Waals surface area (Å²) in [5.74, 6) is -1.35. The van der Waals surface area contributed by atoms with E-state index < -0.39 is 17.7 Å². The highest BCUT2D eigenvalue weighted by atomic mass is 19.4. The molecule has 0 bridgehead atoms. The van der Waals surface area contributed by atoms with E-state index in [-0.39, 0.29) is 11.0 Å². The van der Waals surface area contributed by atoms with Crippen molar-refractivity contribution in [2.75, 3.05) is 0 Å². The predicted octanol–water partition coefficient (Wildman–Crippen LogP) is 3.99. The van der Waals surface area contributed by atoms with Crippen molar-refractivity contribution in [3.63, 3.8) is 0 Å². The molecule has 0 saturated heterocycles. The Bertz CT molecular complexity index is 456. The molecule has 0 unspecified atom stereocenters. The molecule has 0 aliphatic carbocycles. The number of carbonyl (C=O) groups is 1. The van der Waals surface area contributed by atoms with Gasteiger partial charge in [0.15, 0.2) is 0 Å². The molecule has 5 heteroatoms. The van der Waals surface area contributed by atoms with Crippen molar-refractivity contribution in [1.82, 2.24) is 0 Å². The highest BCUT2D eigenvalue weighted by Gasteiger charge is 2.32. The molecule has 0 radical (unpaired) electrons. The molecule has 0 saturated carbocycles. The largest absolute Gasteiger partial charge is 0.478 e. The topological polar surface area (TPSA) is 37.3 Å². The smallest absolute Gasteiger partial charge is 0.416 e. The lowest BCUT2D eigenvalue weighted by atomic mass is 9.87. The van der Waals surface area contributed by atoms with Crippen LogP contribution in [0.15, 0.2) is 18.2 Å². The fourth-order valence-electron chi connectivity index (χ4n) is 1.69. The first kappa shape index (κ1) is 14.5. The van der Waals surface area contributed by atoms with Crippen LogP contribution in [0.25, 0.3) is 0 Å². The average Bonchev–Trinajstić information content (AvgIpc) is 2.12. The van der Waals surface area contributed by atoms with E-state index in [4.69, 9.17) is 5.11 Å². The molecule has 0 atom stereocenters. The van der Waals surface area contributed by atoms with Gasteiger partial charge in [0.25, 0.3) is 0 Å². The number of benzene rings is 1. The number of aromatic carboxylic acids is 1. The third-order valence-electron chi connectivity index (χ3n) is 2.30. The fourth-order valence-corrected chi connectivity index (χ4v) is 1.69. The van der Waals surface area contributed by atoms with Gasteiger partial charge in [-0.3, -0.25) is 0 Å². The molecule has 1 aromatic rings. The molecule has 100 valence electrons. The third kappa shape index (κ3) is 4.05. The lowest BCUT2D eigenvalue weighted by Crippen LogP contribution is -2.13. The second-order valence-corrected chi connectivity index (χ2v) is 5.46. The fraction of sp³-hybridized carbons (Fsp3) is 0.462. The maximum atomic E-state index is 12.7. The summed E-state index contributed by atoms with van der Waals surface area (Å²) >= 11 is 0. The van der Waals surface area contributed by atoms with Gasteiger partial charge in [0.1, 0.15) is 0 Å². The normalized spacial score (nSPS) is 12.6. The second kappa shape index (κ2) is 4.63. The van der Waals surface area contributed by atoms with Crippen molar-refractivity contribution in [2.24, 2.45) is 5.41 Å². The van der Waals surface area contributed by atoms with E-state index in [2.05, 4.69) is 0 Å². The van der Waals surface area contributed by atoms with Crippen LogP contribution in [0.3, 0.4) is 0 Å². The van der Waals surface area contributed by atoms with Crippen LogP contribution in [0.1, 0.15) is 42.3 Å². The average molecular weight is 260 g/mol. The second-order valence-electron chi connectivity index (χ2n) is 5.46. The summed E-state index contributed by atoms with van der Waals surface area (Å²) in [5, 5.41) is 8.83. The van der Waals surface area contributed by atoms with Crippen molar-refractivity contribution in [3.05, 3.63) is 34.9 Å². The Kier molecular flexibility index (Phi) is 3.74. The van der Waals surface area contributed by atoms with E-state index in [0.29, 0.717) is 18.1 Å². The van der Waals surface area contributed by atoms with Crippen LogP contribution < -0.4 is 0 Å². The Labute approximate surface area is 103 Å². The Hall–Kier alpha value is -1.52. The van der Waals surface area contributed by atoms with E-state index >= 15 is 0 Å². The highest BCUT2D eigenvalue weighted by Crippen LogP contribution is 2.32. The van der Waals surface area contributed by atoms with Gasteiger partial charge < -0.3 is 5.11 Å². The monoisotopic (exact) mass is 260 g/mol. The minimum atomic E-state index is -4.53. The van der Waals surface area contributed by atoms with Crippen LogP contribution in [-0.4, -0.2) is 11.1 Å². The summed E-state index contributed by atoms with van der Waals surface area (Å²) in [7, 11) is 0. The molecular weight excluding hydrogens is 245 g/mol. The molecule has 18 heavy (non-hydrogen) atoms. The van der Waals surface area contributed by atoms with Crippen molar-refractivity contribution in [3.8, 4) is 0 Å². The lowest BCUT2D eigenvalue weighted by Gasteiger charge is -2.19. The Morgan fingerprint density at radius 3 is 2.11 bits per heavy atom. The summed E-state index contributed by atoms with van der Waals surface area (Å²) in [6.45, 7) is 5.65. The van der Waals surface area contributed by atoms with Gasteiger partial charge in [-0.05, 0) is 35.6 Å². The number of carboxylic acid groups (broad SMARTS) is 1.